The van der Waals surface area contributed by atoms with Crippen LogP contribution < -0.4 is 5.32 Å². The van der Waals surface area contributed by atoms with Gasteiger partial charge in [-0.3, -0.25) is 0 Å². The molecule has 0 radical (unpaired) electrons. The quantitative estimate of drug-likeness (QED) is 0.798. The molecule has 1 heterocycles. The summed E-state index contributed by atoms with van der Waals surface area (Å²) in [6.45, 7) is 10.9. The average molecular weight is 242 g/mol. The topological polar surface area (TPSA) is 34.2 Å². The van der Waals surface area contributed by atoms with Crippen LogP contribution in [-0.4, -0.2) is 17.1 Å². The molecule has 0 amide bonds. The van der Waals surface area contributed by atoms with Crippen molar-refractivity contribution in [1.82, 2.24) is 10.3 Å². The molecule has 0 saturated carbocycles. The largest absolute Gasteiger partial charge is 0.369 e. The van der Waals surface area contributed by atoms with E-state index in [0.717, 1.165) is 30.2 Å². The molecule has 0 unspecified atom stereocenters. The minimum Gasteiger partial charge on any atom is -0.369 e. The maximum absolute atomic E-state index is 5.81. The van der Waals surface area contributed by atoms with E-state index < -0.39 is 0 Å². The van der Waals surface area contributed by atoms with Crippen molar-refractivity contribution in [3.8, 4) is 0 Å². The van der Waals surface area contributed by atoms with Crippen LogP contribution in [0.4, 0.5) is 0 Å². The summed E-state index contributed by atoms with van der Waals surface area (Å²) in [5.41, 5.74) is 0.991. The number of nitrogens with zero attached hydrogens (tertiary/aromatic N) is 1. The standard InChI is InChI=1S/C12H22N2OS/c1-5-12(3,4)15-8-10-9-16-11(14-10)7-13-6-2/h9,13H,5-8H2,1-4H3. The number of thiazole rings is 1. The molecule has 0 aliphatic heterocycles. The molecule has 0 saturated heterocycles. The van der Waals surface area contributed by atoms with Gasteiger partial charge in [0.15, 0.2) is 0 Å². The summed E-state index contributed by atoms with van der Waals surface area (Å²) >= 11 is 1.69. The first-order chi connectivity index (χ1) is 7.57. The average Bonchev–Trinajstić information content (AvgIpc) is 2.72. The number of rotatable bonds is 7. The number of aromatic nitrogens is 1. The number of hydrogen-bond acceptors (Lipinski definition) is 4. The Hall–Kier alpha value is -0.450. The first-order valence-electron chi connectivity index (χ1n) is 5.85. The summed E-state index contributed by atoms with van der Waals surface area (Å²) in [7, 11) is 0. The van der Waals surface area contributed by atoms with E-state index in [1.807, 2.05) is 0 Å². The predicted molar refractivity (Wildman–Crippen MR) is 68.7 cm³/mol. The highest BCUT2D eigenvalue weighted by atomic mass is 32.1. The van der Waals surface area contributed by atoms with Gasteiger partial charge in [-0.05, 0) is 26.8 Å². The number of hydrogen-bond donors (Lipinski definition) is 1. The van der Waals surface area contributed by atoms with Crippen LogP contribution in [0.3, 0.4) is 0 Å². The lowest BCUT2D eigenvalue weighted by molar-refractivity contribution is -0.0328. The van der Waals surface area contributed by atoms with E-state index in [4.69, 9.17) is 4.74 Å². The van der Waals surface area contributed by atoms with Gasteiger partial charge in [0.2, 0.25) is 0 Å². The third kappa shape index (κ3) is 4.60. The zero-order valence-electron chi connectivity index (χ0n) is 10.7. The lowest BCUT2D eigenvalue weighted by Gasteiger charge is -2.22. The van der Waals surface area contributed by atoms with Crippen LogP contribution >= 0.6 is 11.3 Å². The Morgan fingerprint density at radius 1 is 1.44 bits per heavy atom. The molecular formula is C12H22N2OS. The van der Waals surface area contributed by atoms with Crippen molar-refractivity contribution < 1.29 is 4.74 Å². The summed E-state index contributed by atoms with van der Waals surface area (Å²) in [4.78, 5) is 4.52. The second-order valence-electron chi connectivity index (χ2n) is 4.41. The summed E-state index contributed by atoms with van der Waals surface area (Å²) in [5, 5.41) is 6.48. The van der Waals surface area contributed by atoms with Crippen LogP contribution in [0.15, 0.2) is 5.38 Å². The van der Waals surface area contributed by atoms with E-state index in [9.17, 15) is 0 Å². The minimum atomic E-state index is -0.0502. The Bertz CT molecular complexity index is 310. The molecule has 0 fully saturated rings. The lowest BCUT2D eigenvalue weighted by atomic mass is 10.1. The van der Waals surface area contributed by atoms with Crippen LogP contribution in [0.1, 0.15) is 44.8 Å². The van der Waals surface area contributed by atoms with Gasteiger partial charge in [0, 0.05) is 11.9 Å². The second-order valence-corrected chi connectivity index (χ2v) is 5.36. The van der Waals surface area contributed by atoms with Gasteiger partial charge in [-0.15, -0.1) is 11.3 Å². The zero-order valence-corrected chi connectivity index (χ0v) is 11.5. The van der Waals surface area contributed by atoms with Gasteiger partial charge in [0.25, 0.3) is 0 Å². The minimum absolute atomic E-state index is 0.0502. The molecular weight excluding hydrogens is 220 g/mol. The molecule has 3 nitrogen and oxygen atoms in total. The fraction of sp³-hybridized carbons (Fsp3) is 0.750. The molecule has 16 heavy (non-hydrogen) atoms. The predicted octanol–water partition coefficient (Wildman–Crippen LogP) is 2.96. The first kappa shape index (κ1) is 13.6. The molecule has 0 bridgehead atoms. The third-order valence-corrected chi connectivity index (χ3v) is 3.49. The van der Waals surface area contributed by atoms with Crippen molar-refractivity contribution in [2.75, 3.05) is 6.54 Å². The highest BCUT2D eigenvalue weighted by Crippen LogP contribution is 2.17. The van der Waals surface area contributed by atoms with Gasteiger partial charge in [-0.2, -0.15) is 0 Å². The number of nitrogens with one attached hydrogen (secondary N) is 1. The van der Waals surface area contributed by atoms with Crippen molar-refractivity contribution in [2.24, 2.45) is 0 Å². The van der Waals surface area contributed by atoms with Gasteiger partial charge >= 0.3 is 0 Å². The van der Waals surface area contributed by atoms with E-state index in [0.29, 0.717) is 6.61 Å². The highest BCUT2D eigenvalue weighted by molar-refractivity contribution is 7.09. The molecule has 0 spiro atoms. The normalized spacial score (nSPS) is 12.0. The summed E-state index contributed by atoms with van der Waals surface area (Å²) in [6.07, 6.45) is 1.02. The fourth-order valence-corrected chi connectivity index (χ4v) is 1.85. The second kappa shape index (κ2) is 6.33. The summed E-state index contributed by atoms with van der Waals surface area (Å²) < 4.78 is 5.81. The van der Waals surface area contributed by atoms with Crippen molar-refractivity contribution in [3.05, 3.63) is 16.1 Å². The highest BCUT2D eigenvalue weighted by Gasteiger charge is 2.15. The van der Waals surface area contributed by atoms with Gasteiger partial charge < -0.3 is 10.1 Å². The van der Waals surface area contributed by atoms with Crippen molar-refractivity contribution in [3.63, 3.8) is 0 Å². The molecule has 0 aliphatic carbocycles. The molecule has 0 aliphatic rings. The van der Waals surface area contributed by atoms with Crippen LogP contribution in [0, 0.1) is 0 Å². The molecule has 1 aromatic heterocycles. The molecule has 0 aromatic carbocycles. The first-order valence-corrected chi connectivity index (χ1v) is 6.73. The lowest BCUT2D eigenvalue weighted by Crippen LogP contribution is -2.22. The van der Waals surface area contributed by atoms with E-state index in [1.165, 1.54) is 0 Å². The molecule has 1 rings (SSSR count). The third-order valence-electron chi connectivity index (χ3n) is 2.59. The van der Waals surface area contributed by atoms with E-state index in [-0.39, 0.29) is 5.60 Å². The molecule has 1 aromatic rings. The van der Waals surface area contributed by atoms with Gasteiger partial charge in [0.05, 0.1) is 17.9 Å². The van der Waals surface area contributed by atoms with Gasteiger partial charge in [-0.25, -0.2) is 4.98 Å². The molecule has 4 heteroatoms. The molecule has 0 atom stereocenters. The van der Waals surface area contributed by atoms with E-state index >= 15 is 0 Å². The van der Waals surface area contributed by atoms with Gasteiger partial charge in [0.1, 0.15) is 5.01 Å². The Morgan fingerprint density at radius 2 is 2.19 bits per heavy atom. The monoisotopic (exact) mass is 242 g/mol. The Labute approximate surface area is 102 Å². The van der Waals surface area contributed by atoms with Gasteiger partial charge in [-0.1, -0.05) is 13.8 Å². The van der Waals surface area contributed by atoms with E-state index in [1.54, 1.807) is 11.3 Å². The zero-order chi connectivity index (χ0) is 12.0. The fourth-order valence-electron chi connectivity index (χ4n) is 1.10. The Kier molecular flexibility index (Phi) is 5.38. The smallest absolute Gasteiger partial charge is 0.107 e. The molecule has 1 N–H and O–H groups in total. The van der Waals surface area contributed by atoms with Crippen LogP contribution in [0.2, 0.25) is 0 Å². The maximum Gasteiger partial charge on any atom is 0.107 e. The van der Waals surface area contributed by atoms with Crippen LogP contribution in [0.25, 0.3) is 0 Å². The van der Waals surface area contributed by atoms with Crippen LogP contribution in [0.5, 0.6) is 0 Å². The summed E-state index contributed by atoms with van der Waals surface area (Å²) in [6, 6.07) is 0. The van der Waals surface area contributed by atoms with E-state index in [2.05, 4.69) is 43.4 Å². The Morgan fingerprint density at radius 3 is 2.81 bits per heavy atom. The van der Waals surface area contributed by atoms with Crippen LogP contribution in [-0.2, 0) is 17.9 Å². The van der Waals surface area contributed by atoms with Crippen molar-refractivity contribution in [2.45, 2.75) is 52.9 Å². The maximum atomic E-state index is 5.81. The SMILES string of the molecule is CCNCc1nc(COC(C)(C)CC)cs1. The summed E-state index contributed by atoms with van der Waals surface area (Å²) in [5.74, 6) is 0. The van der Waals surface area contributed by atoms with Crippen molar-refractivity contribution >= 4 is 11.3 Å². The molecule has 92 valence electrons. The number of ether oxygens (including phenoxy) is 1. The van der Waals surface area contributed by atoms with Crippen molar-refractivity contribution in [1.29, 1.82) is 0 Å². The Balaban J connectivity index is 2.40.